The Morgan fingerprint density at radius 3 is 2.52 bits per heavy atom. The molecule has 0 bridgehead atoms. The van der Waals surface area contributed by atoms with E-state index in [4.69, 9.17) is 0 Å². The third-order valence-corrected chi connectivity index (χ3v) is 7.07. The monoisotopic (exact) mass is 393 g/mol. The predicted octanol–water partition coefficient (Wildman–Crippen LogP) is 4.08. The van der Waals surface area contributed by atoms with Crippen molar-refractivity contribution >= 4 is 21.4 Å². The van der Waals surface area contributed by atoms with Gasteiger partial charge in [-0.15, -0.1) is 11.3 Å². The molecule has 2 aromatic rings. The minimum Gasteiger partial charge on any atom is -0.273 e. The van der Waals surface area contributed by atoms with Crippen molar-refractivity contribution in [2.75, 3.05) is 0 Å². The molecule has 25 heavy (non-hydrogen) atoms. The van der Waals surface area contributed by atoms with Gasteiger partial charge in [-0.05, 0) is 31.9 Å². The summed E-state index contributed by atoms with van der Waals surface area (Å²) < 4.78 is 66.0. The van der Waals surface area contributed by atoms with Crippen molar-refractivity contribution in [1.29, 1.82) is 0 Å². The van der Waals surface area contributed by atoms with Crippen molar-refractivity contribution in [2.45, 2.75) is 56.1 Å². The highest BCUT2D eigenvalue weighted by Crippen LogP contribution is 2.36. The number of nitrogens with zero attached hydrogens (tertiary/aromatic N) is 1. The molecule has 0 radical (unpaired) electrons. The molecule has 0 amide bonds. The van der Waals surface area contributed by atoms with Crippen LogP contribution in [0.2, 0.25) is 0 Å². The topological polar surface area (TPSA) is 74.8 Å². The van der Waals surface area contributed by atoms with Crippen LogP contribution in [0.15, 0.2) is 17.0 Å². The van der Waals surface area contributed by atoms with E-state index < -0.39 is 21.9 Å². The van der Waals surface area contributed by atoms with Crippen molar-refractivity contribution in [3.8, 4) is 10.6 Å². The highest BCUT2D eigenvalue weighted by molar-refractivity contribution is 7.89. The first kappa shape index (κ1) is 18.4. The van der Waals surface area contributed by atoms with Gasteiger partial charge in [0.25, 0.3) is 0 Å². The maximum Gasteiger partial charge on any atom is 0.432 e. The molecule has 0 unspecified atom stereocenters. The lowest BCUT2D eigenvalue weighted by molar-refractivity contribution is -0.141. The summed E-state index contributed by atoms with van der Waals surface area (Å²) in [7, 11) is -3.70. The molecule has 0 aliphatic heterocycles. The molecule has 10 heteroatoms. The van der Waals surface area contributed by atoms with Gasteiger partial charge in [0.2, 0.25) is 10.0 Å². The van der Waals surface area contributed by atoms with E-state index in [1.807, 2.05) is 5.10 Å². The van der Waals surface area contributed by atoms with E-state index in [-0.39, 0.29) is 16.6 Å². The molecule has 2 aromatic heterocycles. The summed E-state index contributed by atoms with van der Waals surface area (Å²) in [6, 6.07) is 2.20. The van der Waals surface area contributed by atoms with Gasteiger partial charge in [-0.3, -0.25) is 5.10 Å². The van der Waals surface area contributed by atoms with Crippen LogP contribution in [0, 0.1) is 6.92 Å². The number of alkyl halides is 3. The van der Waals surface area contributed by atoms with Crippen molar-refractivity contribution < 1.29 is 21.6 Å². The normalized spacial score (nSPS) is 17.1. The summed E-state index contributed by atoms with van der Waals surface area (Å²) in [5.41, 5.74) is -0.877. The highest BCUT2D eigenvalue weighted by Gasteiger charge is 2.33. The third-order valence-electron chi connectivity index (χ3n) is 4.22. The van der Waals surface area contributed by atoms with Gasteiger partial charge in [-0.1, -0.05) is 19.3 Å². The van der Waals surface area contributed by atoms with Crippen LogP contribution in [0.25, 0.3) is 10.6 Å². The SMILES string of the molecule is Cc1sc(-c2cc(C(F)(F)F)[nH]n2)cc1S(=O)(=O)NC1CCCCC1. The van der Waals surface area contributed by atoms with Crippen LogP contribution in [0.5, 0.6) is 0 Å². The lowest BCUT2D eigenvalue weighted by Crippen LogP contribution is -2.36. The van der Waals surface area contributed by atoms with E-state index in [2.05, 4.69) is 9.82 Å². The van der Waals surface area contributed by atoms with E-state index in [0.717, 1.165) is 49.5 Å². The first-order valence-electron chi connectivity index (χ1n) is 7.92. The van der Waals surface area contributed by atoms with E-state index in [9.17, 15) is 21.6 Å². The fourth-order valence-corrected chi connectivity index (χ4v) is 5.81. The zero-order valence-electron chi connectivity index (χ0n) is 13.5. The summed E-state index contributed by atoms with van der Waals surface area (Å²) in [4.78, 5) is 1.01. The number of nitrogens with one attached hydrogen (secondary N) is 2. The van der Waals surface area contributed by atoms with Gasteiger partial charge >= 0.3 is 6.18 Å². The maximum atomic E-state index is 12.7. The first-order valence-corrected chi connectivity index (χ1v) is 10.2. The molecule has 0 atom stereocenters. The molecule has 1 fully saturated rings. The van der Waals surface area contributed by atoms with Gasteiger partial charge in [-0.2, -0.15) is 18.3 Å². The second-order valence-corrected chi connectivity index (χ2v) is 9.09. The number of aromatic nitrogens is 2. The van der Waals surface area contributed by atoms with Gasteiger partial charge in [0, 0.05) is 10.9 Å². The Hall–Kier alpha value is -1.39. The van der Waals surface area contributed by atoms with Crippen LogP contribution in [0.3, 0.4) is 0 Å². The molecule has 2 heterocycles. The van der Waals surface area contributed by atoms with Crippen molar-refractivity contribution in [3.05, 3.63) is 22.7 Å². The van der Waals surface area contributed by atoms with Crippen LogP contribution < -0.4 is 4.72 Å². The number of thiophene rings is 1. The number of hydrogen-bond donors (Lipinski definition) is 2. The second kappa shape index (κ2) is 6.73. The number of aromatic amines is 1. The Balaban J connectivity index is 1.85. The maximum absolute atomic E-state index is 12.7. The zero-order chi connectivity index (χ0) is 18.2. The fourth-order valence-electron chi connectivity index (χ4n) is 2.95. The summed E-state index contributed by atoms with van der Waals surface area (Å²) in [6.07, 6.45) is 0.200. The number of H-pyrrole nitrogens is 1. The average molecular weight is 393 g/mol. The number of halogens is 3. The molecular formula is C15H18F3N3O2S2. The number of rotatable bonds is 4. The molecule has 3 rings (SSSR count). The summed E-state index contributed by atoms with van der Waals surface area (Å²) >= 11 is 1.11. The smallest absolute Gasteiger partial charge is 0.273 e. The van der Waals surface area contributed by atoms with E-state index in [1.165, 1.54) is 6.07 Å². The van der Waals surface area contributed by atoms with Gasteiger partial charge in [0.05, 0.1) is 9.77 Å². The van der Waals surface area contributed by atoms with Crippen molar-refractivity contribution in [2.24, 2.45) is 0 Å². The Bertz CT molecular complexity index is 850. The molecule has 138 valence electrons. The Morgan fingerprint density at radius 1 is 1.24 bits per heavy atom. The van der Waals surface area contributed by atoms with Crippen LogP contribution in [0.4, 0.5) is 13.2 Å². The quantitative estimate of drug-likeness (QED) is 0.822. The molecule has 1 aliphatic carbocycles. The first-order chi connectivity index (χ1) is 11.7. The fraction of sp³-hybridized carbons (Fsp3) is 0.533. The van der Waals surface area contributed by atoms with Crippen LogP contribution in [-0.2, 0) is 16.2 Å². The standard InChI is InChI=1S/C15H18F3N3O2S2/c1-9-13(25(22,23)21-10-5-3-2-4-6-10)8-12(24-9)11-7-14(20-19-11)15(16,17)18/h7-8,10,21H,2-6H2,1H3,(H,19,20). The summed E-state index contributed by atoms with van der Waals surface area (Å²) in [6.45, 7) is 1.64. The Kier molecular flexibility index (Phi) is 4.95. The molecular weight excluding hydrogens is 375 g/mol. The Morgan fingerprint density at radius 2 is 1.92 bits per heavy atom. The van der Waals surface area contributed by atoms with Gasteiger partial charge in [0.1, 0.15) is 11.4 Å². The van der Waals surface area contributed by atoms with E-state index in [1.54, 1.807) is 6.92 Å². The van der Waals surface area contributed by atoms with Gasteiger partial charge in [-0.25, -0.2) is 13.1 Å². The molecule has 5 nitrogen and oxygen atoms in total. The van der Waals surface area contributed by atoms with Crippen molar-refractivity contribution in [3.63, 3.8) is 0 Å². The summed E-state index contributed by atoms with van der Waals surface area (Å²) in [5.74, 6) is 0. The molecule has 1 saturated carbocycles. The molecule has 1 aliphatic rings. The largest absolute Gasteiger partial charge is 0.432 e. The minimum atomic E-state index is -4.52. The van der Waals surface area contributed by atoms with Crippen LogP contribution >= 0.6 is 11.3 Å². The van der Waals surface area contributed by atoms with E-state index >= 15 is 0 Å². The second-order valence-electron chi connectivity index (χ2n) is 6.15. The number of hydrogen-bond acceptors (Lipinski definition) is 4. The van der Waals surface area contributed by atoms with Crippen LogP contribution in [-0.4, -0.2) is 24.7 Å². The van der Waals surface area contributed by atoms with Gasteiger partial charge < -0.3 is 0 Å². The molecule has 0 spiro atoms. The number of aryl methyl sites for hydroxylation is 1. The van der Waals surface area contributed by atoms with Crippen molar-refractivity contribution in [1.82, 2.24) is 14.9 Å². The zero-order valence-corrected chi connectivity index (χ0v) is 15.1. The molecule has 0 aromatic carbocycles. The molecule has 2 N–H and O–H groups in total. The Labute approximate surface area is 147 Å². The van der Waals surface area contributed by atoms with Gasteiger partial charge in [0.15, 0.2) is 0 Å². The lowest BCUT2D eigenvalue weighted by atomic mass is 9.96. The lowest BCUT2D eigenvalue weighted by Gasteiger charge is -2.22. The highest BCUT2D eigenvalue weighted by atomic mass is 32.2. The van der Waals surface area contributed by atoms with Crippen LogP contribution in [0.1, 0.15) is 42.7 Å². The minimum absolute atomic E-state index is 0.0799. The molecule has 0 saturated heterocycles. The average Bonchev–Trinajstić information content (AvgIpc) is 3.14. The van der Waals surface area contributed by atoms with E-state index in [0.29, 0.717) is 9.75 Å². The predicted molar refractivity (Wildman–Crippen MR) is 88.8 cm³/mol. The summed E-state index contributed by atoms with van der Waals surface area (Å²) in [5, 5.41) is 5.60. The number of sulfonamides is 1. The third kappa shape index (κ3) is 4.06.